The standard InChI is InChI=1S/C24H26F2N4O3S/c1-12(10-31)15-5-18(25)22(19(26)6-15)20-7-17(23(27)32)24(34-20)30-21-4-3-14(13(2)29-21)11-33-16-8-28-9-16/h3-7,12,16,28,31H,8-11H2,1-2H3,(H2,27,32)(H,29,30). The normalized spacial score (nSPS) is 14.6. The number of anilines is 2. The number of hydrogen-bond donors (Lipinski definition) is 4. The molecule has 180 valence electrons. The van der Waals surface area contributed by atoms with Crippen molar-refractivity contribution in [3.8, 4) is 10.4 Å². The summed E-state index contributed by atoms with van der Waals surface area (Å²) in [4.78, 5) is 16.8. The zero-order valence-corrected chi connectivity index (χ0v) is 19.6. The van der Waals surface area contributed by atoms with E-state index in [-0.39, 0.29) is 28.7 Å². The molecule has 0 radical (unpaired) electrons. The van der Waals surface area contributed by atoms with Crippen LogP contribution in [0.15, 0.2) is 30.3 Å². The van der Waals surface area contributed by atoms with Crippen molar-refractivity contribution in [3.05, 3.63) is 64.4 Å². The zero-order valence-electron chi connectivity index (χ0n) is 18.8. The van der Waals surface area contributed by atoms with E-state index in [1.165, 1.54) is 18.2 Å². The number of nitrogens with zero attached hydrogens (tertiary/aromatic N) is 1. The zero-order chi connectivity index (χ0) is 24.4. The summed E-state index contributed by atoms with van der Waals surface area (Å²) in [5, 5.41) is 15.8. The maximum atomic E-state index is 14.8. The summed E-state index contributed by atoms with van der Waals surface area (Å²) in [6.07, 6.45) is 0.210. The molecule has 3 aromatic rings. The number of nitrogens with one attached hydrogen (secondary N) is 2. The van der Waals surface area contributed by atoms with E-state index in [0.717, 1.165) is 35.7 Å². The van der Waals surface area contributed by atoms with Crippen LogP contribution in [0.3, 0.4) is 0 Å². The SMILES string of the molecule is Cc1nc(Nc2sc(-c3c(F)cc(C(C)CO)cc3F)cc2C(N)=O)ccc1COC1CNC1. The van der Waals surface area contributed by atoms with Crippen molar-refractivity contribution in [2.45, 2.75) is 32.5 Å². The van der Waals surface area contributed by atoms with Gasteiger partial charge in [0.05, 0.1) is 23.8 Å². The number of aromatic nitrogens is 1. The van der Waals surface area contributed by atoms with E-state index in [1.807, 2.05) is 13.0 Å². The number of carbonyl (C=O) groups excluding carboxylic acids is 1. The maximum Gasteiger partial charge on any atom is 0.251 e. The second-order valence-electron chi connectivity index (χ2n) is 8.32. The second-order valence-corrected chi connectivity index (χ2v) is 9.37. The largest absolute Gasteiger partial charge is 0.396 e. The number of amides is 1. The van der Waals surface area contributed by atoms with Crippen LogP contribution in [0, 0.1) is 18.6 Å². The van der Waals surface area contributed by atoms with E-state index in [2.05, 4.69) is 15.6 Å². The molecular formula is C24H26F2N4O3S. The van der Waals surface area contributed by atoms with Crippen LogP contribution in [0.2, 0.25) is 0 Å². The average Bonchev–Trinajstić information content (AvgIpc) is 3.16. The number of carbonyl (C=O) groups is 1. The number of aliphatic hydroxyl groups excluding tert-OH is 1. The number of aliphatic hydroxyl groups is 1. The van der Waals surface area contributed by atoms with E-state index in [0.29, 0.717) is 23.0 Å². The number of primary amides is 1. The van der Waals surface area contributed by atoms with Gasteiger partial charge in [0.1, 0.15) is 22.5 Å². The van der Waals surface area contributed by atoms with Crippen LogP contribution < -0.4 is 16.4 Å². The molecule has 34 heavy (non-hydrogen) atoms. The average molecular weight is 489 g/mol. The molecule has 4 rings (SSSR count). The third kappa shape index (κ3) is 5.10. The highest BCUT2D eigenvalue weighted by Gasteiger charge is 2.22. The highest BCUT2D eigenvalue weighted by atomic mass is 32.1. The molecule has 1 fully saturated rings. The van der Waals surface area contributed by atoms with Crippen molar-refractivity contribution < 1.29 is 23.4 Å². The van der Waals surface area contributed by atoms with Crippen molar-refractivity contribution in [1.29, 1.82) is 0 Å². The lowest BCUT2D eigenvalue weighted by Crippen LogP contribution is -2.48. The van der Waals surface area contributed by atoms with Crippen LogP contribution in [0.1, 0.15) is 40.0 Å². The molecule has 0 aliphatic carbocycles. The number of ether oxygens (including phenoxy) is 1. The Bertz CT molecular complexity index is 1190. The van der Waals surface area contributed by atoms with Gasteiger partial charge in [-0.3, -0.25) is 4.79 Å². The van der Waals surface area contributed by atoms with Gasteiger partial charge in [-0.1, -0.05) is 13.0 Å². The van der Waals surface area contributed by atoms with E-state index in [1.54, 1.807) is 13.0 Å². The first-order valence-corrected chi connectivity index (χ1v) is 11.7. The summed E-state index contributed by atoms with van der Waals surface area (Å²) in [7, 11) is 0. The van der Waals surface area contributed by atoms with Gasteiger partial charge in [0.25, 0.3) is 5.91 Å². The molecular weight excluding hydrogens is 462 g/mol. The van der Waals surface area contributed by atoms with Crippen LogP contribution in [0.5, 0.6) is 0 Å². The van der Waals surface area contributed by atoms with Crippen molar-refractivity contribution in [1.82, 2.24) is 10.3 Å². The van der Waals surface area contributed by atoms with E-state index < -0.39 is 23.5 Å². The highest BCUT2D eigenvalue weighted by molar-refractivity contribution is 7.20. The summed E-state index contributed by atoms with van der Waals surface area (Å²) in [6, 6.07) is 7.40. The molecule has 2 aromatic heterocycles. The summed E-state index contributed by atoms with van der Waals surface area (Å²) in [5.74, 6) is -2.23. The van der Waals surface area contributed by atoms with Gasteiger partial charge in [-0.15, -0.1) is 11.3 Å². The molecule has 1 aliphatic rings. The summed E-state index contributed by atoms with van der Waals surface area (Å²) in [5.41, 5.74) is 7.44. The van der Waals surface area contributed by atoms with Gasteiger partial charge in [0, 0.05) is 36.2 Å². The smallest absolute Gasteiger partial charge is 0.251 e. The van der Waals surface area contributed by atoms with Crippen molar-refractivity contribution in [2.24, 2.45) is 5.73 Å². The Balaban J connectivity index is 1.60. The topological polar surface area (TPSA) is 110 Å². The molecule has 1 atom stereocenters. The molecule has 1 aromatic carbocycles. The Hall–Kier alpha value is -2.92. The third-order valence-electron chi connectivity index (χ3n) is 5.81. The predicted molar refractivity (Wildman–Crippen MR) is 127 cm³/mol. The minimum atomic E-state index is -0.779. The molecule has 7 nitrogen and oxygen atoms in total. The number of nitrogens with two attached hydrogens (primary N) is 1. The fourth-order valence-corrected chi connectivity index (χ4v) is 4.64. The van der Waals surface area contributed by atoms with Gasteiger partial charge in [-0.2, -0.15) is 0 Å². The minimum Gasteiger partial charge on any atom is -0.396 e. The van der Waals surface area contributed by atoms with Gasteiger partial charge in [-0.05, 0) is 42.3 Å². The number of rotatable bonds is 9. The summed E-state index contributed by atoms with van der Waals surface area (Å²) < 4.78 is 35.5. The van der Waals surface area contributed by atoms with E-state index in [9.17, 15) is 18.7 Å². The molecule has 3 heterocycles. The predicted octanol–water partition coefficient (Wildman–Crippen LogP) is 3.82. The van der Waals surface area contributed by atoms with Crippen LogP contribution in [0.4, 0.5) is 19.6 Å². The van der Waals surface area contributed by atoms with Gasteiger partial charge in [0.2, 0.25) is 0 Å². The second kappa shape index (κ2) is 10.1. The van der Waals surface area contributed by atoms with E-state index in [4.69, 9.17) is 10.5 Å². The molecule has 10 heteroatoms. The Morgan fingerprint density at radius 2 is 2.03 bits per heavy atom. The Labute approximate surface area is 200 Å². The molecule has 0 saturated carbocycles. The van der Waals surface area contributed by atoms with Gasteiger partial charge < -0.3 is 26.2 Å². The molecule has 5 N–H and O–H groups in total. The fraction of sp³-hybridized carbons (Fsp3) is 0.333. The highest BCUT2D eigenvalue weighted by Crippen LogP contribution is 2.40. The first-order valence-electron chi connectivity index (χ1n) is 10.9. The van der Waals surface area contributed by atoms with Gasteiger partial charge in [-0.25, -0.2) is 13.8 Å². The molecule has 1 saturated heterocycles. The number of benzene rings is 1. The molecule has 1 unspecified atom stereocenters. The van der Waals surface area contributed by atoms with E-state index >= 15 is 0 Å². The number of pyridine rings is 1. The number of halogens is 2. The van der Waals surface area contributed by atoms with Gasteiger partial charge in [0.15, 0.2) is 0 Å². The number of aryl methyl sites for hydroxylation is 1. The third-order valence-corrected chi connectivity index (χ3v) is 6.87. The first-order chi connectivity index (χ1) is 16.3. The Morgan fingerprint density at radius 1 is 1.32 bits per heavy atom. The quantitative estimate of drug-likeness (QED) is 0.365. The Morgan fingerprint density at radius 3 is 2.59 bits per heavy atom. The minimum absolute atomic E-state index is 0.107. The van der Waals surface area contributed by atoms with Crippen molar-refractivity contribution in [3.63, 3.8) is 0 Å². The molecule has 1 amide bonds. The summed E-state index contributed by atoms with van der Waals surface area (Å²) >= 11 is 1.01. The Kier molecular flexibility index (Phi) is 7.22. The first kappa shape index (κ1) is 24.2. The van der Waals surface area contributed by atoms with Crippen LogP contribution in [0.25, 0.3) is 10.4 Å². The van der Waals surface area contributed by atoms with Crippen molar-refractivity contribution >= 4 is 28.1 Å². The van der Waals surface area contributed by atoms with Crippen molar-refractivity contribution in [2.75, 3.05) is 25.0 Å². The van der Waals surface area contributed by atoms with Crippen LogP contribution in [-0.4, -0.2) is 41.8 Å². The van der Waals surface area contributed by atoms with Gasteiger partial charge >= 0.3 is 0 Å². The lowest BCUT2D eigenvalue weighted by molar-refractivity contribution is 0.00725. The number of hydrogen-bond acceptors (Lipinski definition) is 7. The molecule has 1 aliphatic heterocycles. The van der Waals surface area contributed by atoms with Crippen LogP contribution in [-0.2, 0) is 11.3 Å². The molecule has 0 bridgehead atoms. The van der Waals surface area contributed by atoms with Crippen LogP contribution >= 0.6 is 11.3 Å². The maximum absolute atomic E-state index is 14.8. The monoisotopic (exact) mass is 488 g/mol. The molecule has 0 spiro atoms. The summed E-state index contributed by atoms with van der Waals surface area (Å²) in [6.45, 7) is 5.43. The lowest BCUT2D eigenvalue weighted by Gasteiger charge is -2.27. The lowest BCUT2D eigenvalue weighted by atomic mass is 9.99. The number of thiophene rings is 1. The fourth-order valence-electron chi connectivity index (χ4n) is 3.52.